The number of H-pyrrole nitrogens is 1. The number of thiol groups is 1. The van der Waals surface area contributed by atoms with Gasteiger partial charge in [-0.25, -0.2) is 9.78 Å². The third kappa shape index (κ3) is 9.80. The largest absolute Gasteiger partial charge is 0.480 e. The summed E-state index contributed by atoms with van der Waals surface area (Å²) in [6.07, 6.45) is 4.61. The molecular formula is C20H35N7O5S. The lowest BCUT2D eigenvalue weighted by Gasteiger charge is -2.26. The average Bonchev–Trinajstić information content (AvgIpc) is 3.27. The monoisotopic (exact) mass is 485 g/mol. The molecule has 0 saturated heterocycles. The molecule has 0 aliphatic rings. The SMILES string of the molecule is CC(C)C(NC(=O)C(N)Cc1cnc[nH]1)C(=O)NC(CS)C(=O)NC(CCCCN)C(=O)O. The number of carboxylic acids is 1. The van der Waals surface area contributed by atoms with Crippen LogP contribution in [0.1, 0.15) is 38.8 Å². The maximum atomic E-state index is 12.8. The van der Waals surface area contributed by atoms with Crippen LogP contribution >= 0.6 is 12.6 Å². The molecule has 9 N–H and O–H groups in total. The van der Waals surface area contributed by atoms with Crippen molar-refractivity contribution in [2.45, 2.75) is 63.7 Å². The van der Waals surface area contributed by atoms with Crippen LogP contribution in [0.2, 0.25) is 0 Å². The number of nitrogens with one attached hydrogen (secondary N) is 4. The van der Waals surface area contributed by atoms with Crippen LogP contribution in [0.15, 0.2) is 12.5 Å². The summed E-state index contributed by atoms with van der Waals surface area (Å²) in [6.45, 7) is 3.89. The van der Waals surface area contributed by atoms with E-state index in [2.05, 4.69) is 38.5 Å². The summed E-state index contributed by atoms with van der Waals surface area (Å²) < 4.78 is 0. The van der Waals surface area contributed by atoms with Crippen molar-refractivity contribution in [1.82, 2.24) is 25.9 Å². The molecule has 1 aromatic heterocycles. The van der Waals surface area contributed by atoms with E-state index in [1.165, 1.54) is 6.33 Å². The van der Waals surface area contributed by atoms with E-state index in [4.69, 9.17) is 11.5 Å². The van der Waals surface area contributed by atoms with Crippen LogP contribution in [0, 0.1) is 5.92 Å². The smallest absolute Gasteiger partial charge is 0.326 e. The molecule has 0 aromatic carbocycles. The molecule has 1 rings (SSSR count). The van der Waals surface area contributed by atoms with Gasteiger partial charge in [-0.1, -0.05) is 13.8 Å². The van der Waals surface area contributed by atoms with Gasteiger partial charge in [-0.2, -0.15) is 12.6 Å². The molecule has 0 spiro atoms. The normalized spacial score (nSPS) is 14.7. The third-order valence-electron chi connectivity index (χ3n) is 4.96. The van der Waals surface area contributed by atoms with Crippen molar-refractivity contribution in [1.29, 1.82) is 0 Å². The zero-order valence-electron chi connectivity index (χ0n) is 18.9. The van der Waals surface area contributed by atoms with E-state index >= 15 is 0 Å². The first-order valence-corrected chi connectivity index (χ1v) is 11.4. The standard InChI is InChI=1S/C20H35N7O5S/c1-11(2)16(27-17(28)13(22)7-12-8-23-10-24-12)19(30)26-15(9-33)18(29)25-14(20(31)32)5-3-4-6-21/h8,10-11,13-16,33H,3-7,9,21-22H2,1-2H3,(H,23,24)(H,25,29)(H,26,30)(H,27,28)(H,31,32). The summed E-state index contributed by atoms with van der Waals surface area (Å²) >= 11 is 4.11. The van der Waals surface area contributed by atoms with Gasteiger partial charge in [-0.15, -0.1) is 0 Å². The highest BCUT2D eigenvalue weighted by Gasteiger charge is 2.31. The van der Waals surface area contributed by atoms with Gasteiger partial charge in [0.15, 0.2) is 0 Å². The molecule has 0 fully saturated rings. The number of aliphatic carboxylic acids is 1. The fraction of sp³-hybridized carbons (Fsp3) is 0.650. The van der Waals surface area contributed by atoms with Crippen molar-refractivity contribution in [3.8, 4) is 0 Å². The number of hydrogen-bond acceptors (Lipinski definition) is 8. The molecule has 0 saturated carbocycles. The molecule has 0 aliphatic heterocycles. The van der Waals surface area contributed by atoms with Crippen molar-refractivity contribution >= 4 is 36.3 Å². The zero-order chi connectivity index (χ0) is 25.0. The Morgan fingerprint density at radius 3 is 2.27 bits per heavy atom. The van der Waals surface area contributed by atoms with Gasteiger partial charge in [-0.3, -0.25) is 14.4 Å². The number of nitrogens with zero attached hydrogens (tertiary/aromatic N) is 1. The topological polar surface area (TPSA) is 205 Å². The first-order chi connectivity index (χ1) is 15.6. The lowest BCUT2D eigenvalue weighted by atomic mass is 10.0. The Bertz CT molecular complexity index is 775. The van der Waals surface area contributed by atoms with Crippen molar-refractivity contribution in [2.24, 2.45) is 17.4 Å². The molecule has 13 heteroatoms. The van der Waals surface area contributed by atoms with Crippen LogP contribution in [-0.2, 0) is 25.6 Å². The van der Waals surface area contributed by atoms with Gasteiger partial charge in [0.25, 0.3) is 0 Å². The lowest BCUT2D eigenvalue weighted by molar-refractivity contribution is -0.142. The van der Waals surface area contributed by atoms with E-state index in [1.54, 1.807) is 20.0 Å². The maximum Gasteiger partial charge on any atom is 0.326 e. The van der Waals surface area contributed by atoms with Crippen molar-refractivity contribution in [3.05, 3.63) is 18.2 Å². The summed E-state index contributed by atoms with van der Waals surface area (Å²) in [5.41, 5.74) is 12.0. The molecule has 0 aliphatic carbocycles. The predicted molar refractivity (Wildman–Crippen MR) is 125 cm³/mol. The molecule has 0 radical (unpaired) electrons. The fourth-order valence-electron chi connectivity index (χ4n) is 3.00. The van der Waals surface area contributed by atoms with Gasteiger partial charge in [0.1, 0.15) is 18.1 Å². The molecule has 4 unspecified atom stereocenters. The zero-order valence-corrected chi connectivity index (χ0v) is 19.8. The van der Waals surface area contributed by atoms with Crippen LogP contribution in [0.4, 0.5) is 0 Å². The number of imidazole rings is 1. The number of carbonyl (C=O) groups excluding carboxylic acids is 3. The van der Waals surface area contributed by atoms with Crippen molar-refractivity contribution < 1.29 is 24.3 Å². The summed E-state index contributed by atoms with van der Waals surface area (Å²) in [4.78, 5) is 56.1. The Hall–Kier alpha value is -2.64. The number of rotatable bonds is 15. The van der Waals surface area contributed by atoms with Gasteiger partial charge in [0.05, 0.1) is 12.4 Å². The molecule has 12 nitrogen and oxygen atoms in total. The predicted octanol–water partition coefficient (Wildman–Crippen LogP) is -1.47. The minimum atomic E-state index is -1.18. The Kier molecular flexibility index (Phi) is 12.5. The van der Waals surface area contributed by atoms with Crippen molar-refractivity contribution in [2.75, 3.05) is 12.3 Å². The number of aromatic amines is 1. The minimum absolute atomic E-state index is 0.0647. The molecule has 0 bridgehead atoms. The van der Waals surface area contributed by atoms with Gasteiger partial charge in [-0.05, 0) is 31.7 Å². The first-order valence-electron chi connectivity index (χ1n) is 10.8. The first kappa shape index (κ1) is 28.4. The summed E-state index contributed by atoms with van der Waals surface area (Å²) in [7, 11) is 0. The molecular weight excluding hydrogens is 450 g/mol. The quantitative estimate of drug-likeness (QED) is 0.108. The molecule has 186 valence electrons. The highest BCUT2D eigenvalue weighted by molar-refractivity contribution is 7.80. The van der Waals surface area contributed by atoms with E-state index < -0.39 is 47.9 Å². The minimum Gasteiger partial charge on any atom is -0.480 e. The van der Waals surface area contributed by atoms with Crippen LogP contribution in [0.25, 0.3) is 0 Å². The summed E-state index contributed by atoms with van der Waals surface area (Å²) in [5.74, 6) is -3.36. The van der Waals surface area contributed by atoms with Crippen LogP contribution < -0.4 is 27.4 Å². The number of carboxylic acid groups (broad SMARTS) is 1. The second-order valence-electron chi connectivity index (χ2n) is 8.05. The lowest BCUT2D eigenvalue weighted by Crippen LogP contribution is -2.59. The summed E-state index contributed by atoms with van der Waals surface area (Å²) in [5, 5.41) is 16.9. The number of hydrogen-bond donors (Lipinski definition) is 8. The van der Waals surface area contributed by atoms with Crippen LogP contribution in [0.5, 0.6) is 0 Å². The summed E-state index contributed by atoms with van der Waals surface area (Å²) in [6, 6.07) is -4.06. The number of carbonyl (C=O) groups is 4. The third-order valence-corrected chi connectivity index (χ3v) is 5.32. The van der Waals surface area contributed by atoms with Gasteiger partial charge in [0.2, 0.25) is 17.7 Å². The molecule has 1 heterocycles. The number of nitrogens with two attached hydrogens (primary N) is 2. The second kappa shape index (κ2) is 14.5. The highest BCUT2D eigenvalue weighted by atomic mass is 32.1. The van der Waals surface area contributed by atoms with E-state index in [-0.39, 0.29) is 24.5 Å². The Labute approximate surface area is 198 Å². The van der Waals surface area contributed by atoms with Gasteiger partial charge >= 0.3 is 5.97 Å². The fourth-order valence-corrected chi connectivity index (χ4v) is 3.26. The van der Waals surface area contributed by atoms with Crippen LogP contribution in [0.3, 0.4) is 0 Å². The van der Waals surface area contributed by atoms with E-state index in [0.717, 1.165) is 0 Å². The number of amides is 3. The molecule has 1 aromatic rings. The maximum absolute atomic E-state index is 12.8. The van der Waals surface area contributed by atoms with E-state index in [9.17, 15) is 24.3 Å². The number of aromatic nitrogens is 2. The average molecular weight is 486 g/mol. The van der Waals surface area contributed by atoms with E-state index in [1.807, 2.05) is 0 Å². The molecule has 33 heavy (non-hydrogen) atoms. The molecule has 3 amide bonds. The van der Waals surface area contributed by atoms with Gasteiger partial charge in [0, 0.05) is 24.1 Å². The van der Waals surface area contributed by atoms with Crippen LogP contribution in [-0.4, -0.2) is 75.2 Å². The Balaban J connectivity index is 2.74. The highest BCUT2D eigenvalue weighted by Crippen LogP contribution is 2.06. The van der Waals surface area contributed by atoms with Gasteiger partial charge < -0.3 is 37.5 Å². The Morgan fingerprint density at radius 2 is 1.76 bits per heavy atom. The van der Waals surface area contributed by atoms with Crippen molar-refractivity contribution in [3.63, 3.8) is 0 Å². The van der Waals surface area contributed by atoms with E-state index in [0.29, 0.717) is 25.1 Å². The number of unbranched alkanes of at least 4 members (excludes halogenated alkanes) is 1. The molecule has 4 atom stereocenters. The second-order valence-corrected chi connectivity index (χ2v) is 8.41. The Morgan fingerprint density at radius 1 is 1.09 bits per heavy atom.